The fourth-order valence-corrected chi connectivity index (χ4v) is 5.57. The molecule has 0 aliphatic carbocycles. The van der Waals surface area contributed by atoms with Crippen LogP contribution in [0.1, 0.15) is 24.0 Å². The summed E-state index contributed by atoms with van der Waals surface area (Å²) in [7, 11) is 0. The molecule has 1 aliphatic heterocycles. The number of piperidine rings is 1. The summed E-state index contributed by atoms with van der Waals surface area (Å²) in [4.78, 5) is 7.01. The highest BCUT2D eigenvalue weighted by Gasteiger charge is 2.27. The van der Waals surface area contributed by atoms with Crippen LogP contribution in [0.3, 0.4) is 0 Å². The van der Waals surface area contributed by atoms with E-state index in [-0.39, 0.29) is 17.4 Å². The van der Waals surface area contributed by atoms with Crippen LogP contribution in [0, 0.1) is 23.0 Å². The average molecular weight is 536 g/mol. The zero-order valence-corrected chi connectivity index (χ0v) is 21.7. The number of nitriles is 1. The van der Waals surface area contributed by atoms with Crippen molar-refractivity contribution in [3.63, 3.8) is 0 Å². The maximum absolute atomic E-state index is 14.4. The molecule has 0 unspecified atom stereocenters. The number of pyridine rings is 1. The Kier molecular flexibility index (Phi) is 6.66. The van der Waals surface area contributed by atoms with Crippen molar-refractivity contribution in [2.75, 3.05) is 18.0 Å². The van der Waals surface area contributed by atoms with Crippen LogP contribution < -0.4 is 10.6 Å². The Labute approximate surface area is 230 Å². The molecule has 3 N–H and O–H groups in total. The number of aromatic nitrogens is 2. The van der Waals surface area contributed by atoms with E-state index in [0.29, 0.717) is 47.5 Å². The van der Waals surface area contributed by atoms with E-state index >= 15 is 0 Å². The first-order valence-electron chi connectivity index (χ1n) is 13.2. The van der Waals surface area contributed by atoms with Crippen LogP contribution in [-0.2, 0) is 6.54 Å². The van der Waals surface area contributed by atoms with E-state index in [1.807, 2.05) is 41.1 Å². The maximum Gasteiger partial charge on any atom is 0.142 e. The molecule has 0 radical (unpaired) electrons. The number of nitrogens with zero attached hydrogens (tertiary/aromatic N) is 4. The Balaban J connectivity index is 1.68. The van der Waals surface area contributed by atoms with E-state index in [2.05, 4.69) is 11.0 Å². The summed E-state index contributed by atoms with van der Waals surface area (Å²) in [6.45, 7) is 1.82. The first kappa shape index (κ1) is 25.5. The van der Waals surface area contributed by atoms with Crippen LogP contribution in [-0.4, -0.2) is 33.8 Å². The Morgan fingerprint density at radius 2 is 1.68 bits per heavy atom. The van der Waals surface area contributed by atoms with E-state index in [4.69, 9.17) is 10.7 Å². The fourth-order valence-electron chi connectivity index (χ4n) is 5.57. The Morgan fingerprint density at radius 3 is 2.38 bits per heavy atom. The van der Waals surface area contributed by atoms with Crippen molar-refractivity contribution in [3.05, 3.63) is 102 Å². The second-order valence-corrected chi connectivity index (χ2v) is 10.2. The summed E-state index contributed by atoms with van der Waals surface area (Å²) < 4.78 is 30.9. The number of phenolic OH excluding ortho intramolecular Hbond substituents is 1. The van der Waals surface area contributed by atoms with Gasteiger partial charge >= 0.3 is 0 Å². The number of nitrogens with two attached hydrogens (primary N) is 1. The van der Waals surface area contributed by atoms with Crippen LogP contribution >= 0.6 is 0 Å². The van der Waals surface area contributed by atoms with Crippen molar-refractivity contribution in [1.29, 1.82) is 5.26 Å². The van der Waals surface area contributed by atoms with Gasteiger partial charge in [0.2, 0.25) is 0 Å². The van der Waals surface area contributed by atoms with Crippen molar-refractivity contribution in [2.24, 2.45) is 5.73 Å². The van der Waals surface area contributed by atoms with Crippen LogP contribution in [0.2, 0.25) is 0 Å². The van der Waals surface area contributed by atoms with Crippen LogP contribution in [0.4, 0.5) is 14.5 Å². The molecule has 0 atom stereocenters. The number of hydrogen-bond donors (Lipinski definition) is 2. The van der Waals surface area contributed by atoms with Gasteiger partial charge < -0.3 is 20.3 Å². The molecule has 3 heterocycles. The molecule has 3 aromatic carbocycles. The van der Waals surface area contributed by atoms with Gasteiger partial charge in [0.05, 0.1) is 16.6 Å². The SMILES string of the molecule is N#Cc1cccc(-c2cn(Cc3ccccc3)c3ncc(-c4cc(F)cc(F)c4)c(N4CCC(N)CC4)c23)c1O. The summed E-state index contributed by atoms with van der Waals surface area (Å²) in [5, 5.41) is 21.5. The molecule has 40 heavy (non-hydrogen) atoms. The topological polar surface area (TPSA) is 91.1 Å². The summed E-state index contributed by atoms with van der Waals surface area (Å²) >= 11 is 0. The van der Waals surface area contributed by atoms with Gasteiger partial charge in [0.1, 0.15) is 29.1 Å². The highest BCUT2D eigenvalue weighted by molar-refractivity contribution is 6.08. The van der Waals surface area contributed by atoms with Crippen LogP contribution in [0.5, 0.6) is 5.75 Å². The molecule has 1 saturated heterocycles. The first-order valence-corrected chi connectivity index (χ1v) is 13.2. The van der Waals surface area contributed by atoms with Gasteiger partial charge in [-0.05, 0) is 42.2 Å². The second kappa shape index (κ2) is 10.4. The Hall–Kier alpha value is -4.74. The zero-order valence-electron chi connectivity index (χ0n) is 21.7. The van der Waals surface area contributed by atoms with E-state index < -0.39 is 11.6 Å². The zero-order chi connectivity index (χ0) is 27.8. The van der Waals surface area contributed by atoms with E-state index in [9.17, 15) is 19.1 Å². The summed E-state index contributed by atoms with van der Waals surface area (Å²) in [5.41, 5.74) is 11.0. The highest BCUT2D eigenvalue weighted by Crippen LogP contribution is 2.45. The Morgan fingerprint density at radius 1 is 0.950 bits per heavy atom. The molecule has 8 heteroatoms. The number of anilines is 1. The van der Waals surface area contributed by atoms with Gasteiger partial charge in [-0.1, -0.05) is 42.5 Å². The number of halogens is 2. The smallest absolute Gasteiger partial charge is 0.142 e. The van der Waals surface area contributed by atoms with Crippen molar-refractivity contribution in [3.8, 4) is 34.1 Å². The van der Waals surface area contributed by atoms with Gasteiger partial charge in [0.25, 0.3) is 0 Å². The molecule has 2 aromatic heterocycles. The fraction of sp³-hybridized carbons (Fsp3) is 0.188. The molecule has 6 nitrogen and oxygen atoms in total. The van der Waals surface area contributed by atoms with Gasteiger partial charge in [0, 0.05) is 60.8 Å². The molecular formula is C32H27F2N5O. The minimum Gasteiger partial charge on any atom is -0.506 e. The predicted octanol–water partition coefficient (Wildman–Crippen LogP) is 6.20. The van der Waals surface area contributed by atoms with Gasteiger partial charge in [-0.3, -0.25) is 0 Å². The second-order valence-electron chi connectivity index (χ2n) is 10.2. The summed E-state index contributed by atoms with van der Waals surface area (Å²) in [5.74, 6) is -1.48. The third-order valence-corrected chi connectivity index (χ3v) is 7.53. The first-order chi connectivity index (χ1) is 19.4. The lowest BCUT2D eigenvalue weighted by atomic mass is 9.95. The quantitative estimate of drug-likeness (QED) is 0.280. The number of phenols is 1. The molecule has 0 amide bonds. The standard InChI is InChI=1S/C32H27F2N5O/c33-23-13-22(14-24(34)15-23)27-17-37-32-29(30(27)38-11-9-25(36)10-12-38)28(26-8-4-7-21(16-35)31(26)40)19-39(32)18-20-5-2-1-3-6-20/h1-8,13-15,17,19,25,40H,9-12,18,36H2. The molecule has 0 bridgehead atoms. The molecule has 1 fully saturated rings. The third kappa shape index (κ3) is 4.65. The molecule has 1 aliphatic rings. The number of aromatic hydroxyl groups is 1. The highest BCUT2D eigenvalue weighted by atomic mass is 19.1. The summed E-state index contributed by atoms with van der Waals surface area (Å²) in [6, 6.07) is 20.6. The normalized spacial score (nSPS) is 14.0. The lowest BCUT2D eigenvalue weighted by Crippen LogP contribution is -2.40. The van der Waals surface area contributed by atoms with Crippen LogP contribution in [0.25, 0.3) is 33.3 Å². The van der Waals surface area contributed by atoms with E-state index in [1.54, 1.807) is 24.4 Å². The lowest BCUT2D eigenvalue weighted by molar-refractivity contribution is 0.475. The Bertz CT molecular complexity index is 1730. The van der Waals surface area contributed by atoms with Crippen molar-refractivity contribution in [2.45, 2.75) is 25.4 Å². The van der Waals surface area contributed by atoms with Gasteiger partial charge in [-0.15, -0.1) is 0 Å². The number of benzene rings is 3. The van der Waals surface area contributed by atoms with Crippen molar-refractivity contribution < 1.29 is 13.9 Å². The lowest BCUT2D eigenvalue weighted by Gasteiger charge is -2.34. The summed E-state index contributed by atoms with van der Waals surface area (Å²) in [6.07, 6.45) is 5.11. The monoisotopic (exact) mass is 535 g/mol. The van der Waals surface area contributed by atoms with E-state index in [0.717, 1.165) is 35.5 Å². The van der Waals surface area contributed by atoms with Gasteiger partial charge in [-0.25, -0.2) is 13.8 Å². The third-order valence-electron chi connectivity index (χ3n) is 7.53. The molecule has 0 saturated carbocycles. The van der Waals surface area contributed by atoms with Gasteiger partial charge in [0.15, 0.2) is 0 Å². The predicted molar refractivity (Wildman–Crippen MR) is 152 cm³/mol. The molecular weight excluding hydrogens is 508 g/mol. The molecule has 200 valence electrons. The molecule has 5 aromatic rings. The van der Waals surface area contributed by atoms with E-state index in [1.165, 1.54) is 12.1 Å². The van der Waals surface area contributed by atoms with Crippen molar-refractivity contribution >= 4 is 16.7 Å². The minimum absolute atomic E-state index is 0.0714. The number of fused-ring (bicyclic) bond motifs is 1. The maximum atomic E-state index is 14.4. The molecule has 6 rings (SSSR count). The van der Waals surface area contributed by atoms with Crippen molar-refractivity contribution in [1.82, 2.24) is 9.55 Å². The van der Waals surface area contributed by atoms with Crippen LogP contribution in [0.15, 0.2) is 79.1 Å². The average Bonchev–Trinajstić information content (AvgIpc) is 3.31. The largest absolute Gasteiger partial charge is 0.506 e. The number of rotatable bonds is 5. The number of para-hydroxylation sites is 1. The minimum atomic E-state index is -0.678. The van der Waals surface area contributed by atoms with Gasteiger partial charge in [-0.2, -0.15) is 5.26 Å². The molecule has 0 spiro atoms. The number of hydrogen-bond acceptors (Lipinski definition) is 5.